The third kappa shape index (κ3) is 7.03. The van der Waals surface area contributed by atoms with Crippen LogP contribution in [0.15, 0.2) is 18.2 Å². The van der Waals surface area contributed by atoms with Gasteiger partial charge in [-0.25, -0.2) is 0 Å². The lowest BCUT2D eigenvalue weighted by atomic mass is 9.99. The fourth-order valence-electron chi connectivity index (χ4n) is 2.82. The number of aryl methyl sites for hydroxylation is 1. The number of piperidine rings is 1. The summed E-state index contributed by atoms with van der Waals surface area (Å²) in [4.78, 5) is 11.4. The Morgan fingerprint density at radius 2 is 1.96 bits per heavy atom. The fraction of sp³-hybridized carbons (Fsp3) is 0.611. The minimum Gasteiger partial charge on any atom is -0.493 e. The number of hydrogen-bond acceptors (Lipinski definition) is 4. The van der Waals surface area contributed by atoms with E-state index in [-0.39, 0.29) is 50.1 Å². The van der Waals surface area contributed by atoms with Crippen molar-refractivity contribution in [3.63, 3.8) is 0 Å². The van der Waals surface area contributed by atoms with Crippen LogP contribution >= 0.6 is 12.4 Å². The number of benzene rings is 1. The van der Waals surface area contributed by atoms with E-state index in [0.29, 0.717) is 5.56 Å². The Kier molecular flexibility index (Phi) is 9.22. The van der Waals surface area contributed by atoms with Crippen LogP contribution in [0.2, 0.25) is 0 Å². The van der Waals surface area contributed by atoms with Crippen LogP contribution in [0.1, 0.15) is 37.3 Å². The summed E-state index contributed by atoms with van der Waals surface area (Å²) in [6, 6.07) is 3.99. The second-order valence-electron chi connectivity index (χ2n) is 6.14. The molecule has 1 heterocycles. The van der Waals surface area contributed by atoms with Crippen LogP contribution in [-0.4, -0.2) is 32.3 Å². The van der Waals surface area contributed by atoms with Crippen LogP contribution in [-0.2, 0) is 22.1 Å². The molecule has 0 saturated carbocycles. The lowest BCUT2D eigenvalue weighted by molar-refractivity contribution is -0.143. The summed E-state index contributed by atoms with van der Waals surface area (Å²) in [7, 11) is 0. The summed E-state index contributed by atoms with van der Waals surface area (Å²) in [5.41, 5.74) is -0.350. The maximum absolute atomic E-state index is 13.3. The Balaban J connectivity index is 0.00000338. The minimum absolute atomic E-state index is 0. The van der Waals surface area contributed by atoms with Gasteiger partial charge in [-0.3, -0.25) is 4.79 Å². The molecule has 1 aromatic rings. The molecule has 0 amide bonds. The first kappa shape index (κ1) is 22.6. The number of nitrogens with one attached hydrogen (secondary N) is 1. The quantitative estimate of drug-likeness (QED) is 0.709. The van der Waals surface area contributed by atoms with E-state index in [9.17, 15) is 18.0 Å². The zero-order chi connectivity index (χ0) is 18.3. The van der Waals surface area contributed by atoms with E-state index in [1.54, 1.807) is 13.0 Å². The maximum Gasteiger partial charge on any atom is 0.419 e. The molecule has 2 rings (SSSR count). The Labute approximate surface area is 157 Å². The Hall–Kier alpha value is -1.47. The minimum atomic E-state index is -4.50. The molecule has 0 unspecified atom stereocenters. The first-order valence-corrected chi connectivity index (χ1v) is 8.59. The van der Waals surface area contributed by atoms with E-state index < -0.39 is 17.7 Å². The molecule has 0 bridgehead atoms. The largest absolute Gasteiger partial charge is 0.493 e. The lowest BCUT2D eigenvalue weighted by Crippen LogP contribution is -2.30. The van der Waals surface area contributed by atoms with Gasteiger partial charge < -0.3 is 14.8 Å². The number of carbonyl (C=O) groups excluding carboxylic acids is 1. The Morgan fingerprint density at radius 1 is 1.27 bits per heavy atom. The van der Waals surface area contributed by atoms with Gasteiger partial charge in [0.25, 0.3) is 0 Å². The zero-order valence-electron chi connectivity index (χ0n) is 14.7. The average molecular weight is 396 g/mol. The standard InChI is InChI=1S/C18H24F3NO3.ClH/c1-2-24-17(23)6-4-13-3-5-16(15(11-13)18(19,20)21)25-12-14-7-9-22-10-8-14;/h3,5,11,14,22H,2,4,6-10,12H2,1H3;1H. The van der Waals surface area contributed by atoms with Crippen molar-refractivity contribution >= 4 is 18.4 Å². The van der Waals surface area contributed by atoms with Crippen LogP contribution in [0, 0.1) is 5.92 Å². The third-order valence-electron chi connectivity index (χ3n) is 4.21. The molecule has 1 N–H and O–H groups in total. The van der Waals surface area contributed by atoms with Crippen molar-refractivity contribution in [2.24, 2.45) is 5.92 Å². The van der Waals surface area contributed by atoms with E-state index in [1.165, 1.54) is 6.07 Å². The van der Waals surface area contributed by atoms with Crippen LogP contribution in [0.25, 0.3) is 0 Å². The molecule has 4 nitrogen and oxygen atoms in total. The summed E-state index contributed by atoms with van der Waals surface area (Å²) in [5.74, 6) is -0.293. The van der Waals surface area contributed by atoms with Gasteiger partial charge in [-0.1, -0.05) is 6.07 Å². The van der Waals surface area contributed by atoms with Gasteiger partial charge in [0, 0.05) is 6.42 Å². The van der Waals surface area contributed by atoms with Crippen molar-refractivity contribution < 1.29 is 27.4 Å². The van der Waals surface area contributed by atoms with Gasteiger partial charge >= 0.3 is 12.1 Å². The van der Waals surface area contributed by atoms with Gasteiger partial charge in [0.1, 0.15) is 5.75 Å². The summed E-state index contributed by atoms with van der Waals surface area (Å²) < 4.78 is 50.3. The van der Waals surface area contributed by atoms with Crippen LogP contribution in [0.3, 0.4) is 0 Å². The number of halogens is 4. The Morgan fingerprint density at radius 3 is 2.58 bits per heavy atom. The molecular weight excluding hydrogens is 371 g/mol. The summed E-state index contributed by atoms with van der Waals surface area (Å²) in [6.45, 7) is 3.97. The van der Waals surface area contributed by atoms with E-state index in [1.807, 2.05) is 0 Å². The number of alkyl halides is 3. The van der Waals surface area contributed by atoms with Gasteiger partial charge in [-0.05, 0) is 62.9 Å². The summed E-state index contributed by atoms with van der Waals surface area (Å²) in [6.07, 6.45) is -2.43. The summed E-state index contributed by atoms with van der Waals surface area (Å²) >= 11 is 0. The SMILES string of the molecule is CCOC(=O)CCc1ccc(OCC2CCNCC2)c(C(F)(F)F)c1.Cl. The van der Waals surface area contributed by atoms with Crippen LogP contribution < -0.4 is 10.1 Å². The van der Waals surface area contributed by atoms with Crippen molar-refractivity contribution in [1.82, 2.24) is 5.32 Å². The molecule has 8 heteroatoms. The molecule has 0 atom stereocenters. The number of hydrogen-bond donors (Lipinski definition) is 1. The van der Waals surface area contributed by atoms with E-state index in [2.05, 4.69) is 5.32 Å². The third-order valence-corrected chi connectivity index (χ3v) is 4.21. The molecule has 1 aliphatic heterocycles. The highest BCUT2D eigenvalue weighted by Crippen LogP contribution is 2.37. The van der Waals surface area contributed by atoms with Crippen molar-refractivity contribution in [1.29, 1.82) is 0 Å². The molecule has 1 fully saturated rings. The van der Waals surface area contributed by atoms with Gasteiger partial charge in [-0.2, -0.15) is 13.2 Å². The first-order valence-electron chi connectivity index (χ1n) is 8.59. The molecule has 0 spiro atoms. The number of carbonyl (C=O) groups is 1. The Bertz CT molecular complexity index is 575. The van der Waals surface area contributed by atoms with Crippen molar-refractivity contribution in [3.8, 4) is 5.75 Å². The van der Waals surface area contributed by atoms with Crippen molar-refractivity contribution in [2.45, 2.75) is 38.8 Å². The van der Waals surface area contributed by atoms with E-state index in [0.717, 1.165) is 32.0 Å². The first-order chi connectivity index (χ1) is 11.9. The monoisotopic (exact) mass is 395 g/mol. The second-order valence-corrected chi connectivity index (χ2v) is 6.14. The summed E-state index contributed by atoms with van der Waals surface area (Å²) in [5, 5.41) is 3.21. The van der Waals surface area contributed by atoms with E-state index in [4.69, 9.17) is 9.47 Å². The topological polar surface area (TPSA) is 47.6 Å². The molecular formula is C18H25ClF3NO3. The molecule has 0 radical (unpaired) electrons. The highest BCUT2D eigenvalue weighted by molar-refractivity contribution is 5.85. The highest BCUT2D eigenvalue weighted by Gasteiger charge is 2.35. The maximum atomic E-state index is 13.3. The normalized spacial score (nSPS) is 15.2. The van der Waals surface area contributed by atoms with Gasteiger partial charge in [0.05, 0.1) is 18.8 Å². The molecule has 1 saturated heterocycles. The molecule has 1 aliphatic rings. The number of esters is 1. The highest BCUT2D eigenvalue weighted by atomic mass is 35.5. The predicted molar refractivity (Wildman–Crippen MR) is 94.7 cm³/mol. The molecule has 148 valence electrons. The molecule has 26 heavy (non-hydrogen) atoms. The number of ether oxygens (including phenoxy) is 2. The average Bonchev–Trinajstić information content (AvgIpc) is 2.59. The molecule has 0 aliphatic carbocycles. The van der Waals surface area contributed by atoms with Crippen molar-refractivity contribution in [3.05, 3.63) is 29.3 Å². The van der Waals surface area contributed by atoms with Gasteiger partial charge in [0.15, 0.2) is 0 Å². The van der Waals surface area contributed by atoms with E-state index >= 15 is 0 Å². The molecule has 0 aromatic heterocycles. The van der Waals surface area contributed by atoms with Crippen LogP contribution in [0.5, 0.6) is 5.75 Å². The fourth-order valence-corrected chi connectivity index (χ4v) is 2.82. The van der Waals surface area contributed by atoms with Gasteiger partial charge in [-0.15, -0.1) is 12.4 Å². The number of rotatable bonds is 7. The van der Waals surface area contributed by atoms with Gasteiger partial charge in [0.2, 0.25) is 0 Å². The lowest BCUT2D eigenvalue weighted by Gasteiger charge is -2.23. The zero-order valence-corrected chi connectivity index (χ0v) is 15.5. The second kappa shape index (κ2) is 10.6. The smallest absolute Gasteiger partial charge is 0.419 e. The predicted octanol–water partition coefficient (Wildman–Crippen LogP) is 4.00. The van der Waals surface area contributed by atoms with Crippen LogP contribution in [0.4, 0.5) is 13.2 Å². The molecule has 1 aromatic carbocycles. The van der Waals surface area contributed by atoms with Crippen molar-refractivity contribution in [2.75, 3.05) is 26.3 Å².